The van der Waals surface area contributed by atoms with Crippen LogP contribution in [-0.4, -0.2) is 46.9 Å². The van der Waals surface area contributed by atoms with Gasteiger partial charge in [-0.3, -0.25) is 9.59 Å². The lowest BCUT2D eigenvalue weighted by molar-refractivity contribution is -0.151. The van der Waals surface area contributed by atoms with Crippen molar-refractivity contribution in [2.75, 3.05) is 6.61 Å². The van der Waals surface area contributed by atoms with Crippen molar-refractivity contribution in [2.24, 2.45) is 0 Å². The summed E-state index contributed by atoms with van der Waals surface area (Å²) in [6.45, 7) is 6.25. The van der Waals surface area contributed by atoms with E-state index in [2.05, 4.69) is 111 Å². The summed E-state index contributed by atoms with van der Waals surface area (Å²) in [6, 6.07) is -0.725. The highest BCUT2D eigenvalue weighted by Gasteiger charge is 2.24. The van der Waals surface area contributed by atoms with Gasteiger partial charge in [-0.2, -0.15) is 0 Å². The van der Waals surface area contributed by atoms with Crippen LogP contribution in [0.2, 0.25) is 0 Å². The van der Waals surface area contributed by atoms with E-state index in [-0.39, 0.29) is 24.9 Å². The first-order valence-electron chi connectivity index (χ1n) is 26.3. The lowest BCUT2D eigenvalue weighted by Crippen LogP contribution is -2.46. The van der Waals surface area contributed by atoms with Crippen molar-refractivity contribution in [3.8, 4) is 0 Å². The fraction of sp³-hybridized carbons (Fsp3) is 0.719. The SMILES string of the molecule is CC/C=C\C/C=C\C/C=C\C/C=C\C/C=C\CCCC(CC(=O)NC(CO)C(O)CCCCCCCCCCCCCCC)OC(=O)CCCCCCCCC/C=C/C/C=C/CC. The molecular formula is C57H99NO5. The average molecular weight is 878 g/mol. The number of esters is 1. The van der Waals surface area contributed by atoms with Crippen molar-refractivity contribution in [1.82, 2.24) is 5.32 Å². The van der Waals surface area contributed by atoms with E-state index in [1.54, 1.807) is 0 Å². The Balaban J connectivity index is 4.71. The highest BCUT2D eigenvalue weighted by molar-refractivity contribution is 5.77. The number of allylic oxidation sites excluding steroid dienone is 14. The van der Waals surface area contributed by atoms with Gasteiger partial charge >= 0.3 is 5.97 Å². The number of hydrogen-bond acceptors (Lipinski definition) is 5. The molecule has 3 unspecified atom stereocenters. The molecule has 0 saturated heterocycles. The molecule has 3 N–H and O–H groups in total. The zero-order valence-electron chi connectivity index (χ0n) is 41.2. The number of carbonyl (C=O) groups excluding carboxylic acids is 2. The Morgan fingerprint density at radius 3 is 1.33 bits per heavy atom. The first-order valence-corrected chi connectivity index (χ1v) is 26.3. The molecule has 0 fully saturated rings. The van der Waals surface area contributed by atoms with Gasteiger partial charge in [0, 0.05) is 6.42 Å². The van der Waals surface area contributed by atoms with E-state index in [0.29, 0.717) is 19.3 Å². The minimum atomic E-state index is -0.808. The first kappa shape index (κ1) is 60.0. The normalized spacial score (nSPS) is 13.9. The lowest BCUT2D eigenvalue weighted by Gasteiger charge is -2.24. The molecule has 63 heavy (non-hydrogen) atoms. The van der Waals surface area contributed by atoms with Crippen molar-refractivity contribution in [3.63, 3.8) is 0 Å². The second-order valence-corrected chi connectivity index (χ2v) is 17.5. The molecule has 0 aromatic carbocycles. The van der Waals surface area contributed by atoms with Crippen LogP contribution >= 0.6 is 0 Å². The number of ether oxygens (including phenoxy) is 1. The number of hydrogen-bond donors (Lipinski definition) is 3. The van der Waals surface area contributed by atoms with Crippen LogP contribution in [0.5, 0.6) is 0 Å². The quantitative estimate of drug-likeness (QED) is 0.0322. The summed E-state index contributed by atoms with van der Waals surface area (Å²) in [5.41, 5.74) is 0. The third-order valence-electron chi connectivity index (χ3n) is 11.5. The van der Waals surface area contributed by atoms with Crippen LogP contribution in [0.25, 0.3) is 0 Å². The van der Waals surface area contributed by atoms with Gasteiger partial charge in [0.2, 0.25) is 5.91 Å². The minimum Gasteiger partial charge on any atom is -0.462 e. The molecular weight excluding hydrogens is 779 g/mol. The number of rotatable bonds is 46. The predicted octanol–water partition coefficient (Wildman–Crippen LogP) is 16.0. The molecule has 0 spiro atoms. The molecule has 0 aliphatic heterocycles. The Kier molecular flexibility index (Phi) is 47.7. The highest BCUT2D eigenvalue weighted by Crippen LogP contribution is 2.17. The fourth-order valence-electron chi connectivity index (χ4n) is 7.56. The fourth-order valence-corrected chi connectivity index (χ4v) is 7.56. The van der Waals surface area contributed by atoms with E-state index in [0.717, 1.165) is 103 Å². The number of nitrogens with one attached hydrogen (secondary N) is 1. The van der Waals surface area contributed by atoms with Gasteiger partial charge in [0.1, 0.15) is 6.10 Å². The second-order valence-electron chi connectivity index (χ2n) is 17.5. The zero-order chi connectivity index (χ0) is 45.9. The van der Waals surface area contributed by atoms with E-state index in [1.165, 1.54) is 89.9 Å². The van der Waals surface area contributed by atoms with Gasteiger partial charge in [0.15, 0.2) is 0 Å². The van der Waals surface area contributed by atoms with Gasteiger partial charge < -0.3 is 20.3 Å². The maximum Gasteiger partial charge on any atom is 0.306 e. The lowest BCUT2D eigenvalue weighted by atomic mass is 10.0. The molecule has 0 saturated carbocycles. The van der Waals surface area contributed by atoms with Crippen LogP contribution in [0.4, 0.5) is 0 Å². The van der Waals surface area contributed by atoms with E-state index >= 15 is 0 Å². The standard InChI is InChI=1S/C57H99NO5/c1-4-7-10-13-16-19-22-25-27-28-29-31-33-36-39-42-45-48-53(63-57(62)50-47-44-41-38-35-32-26-23-20-17-14-11-8-5-2)51-56(61)58-54(52-59)55(60)49-46-43-40-37-34-30-24-21-18-15-12-9-6-3/h7-8,10-11,16-17,19-20,25,27,29,31,36,39,53-55,59-60H,4-6,9,12-15,18,21-24,26,28,30,32-35,37-38,40-52H2,1-3H3,(H,58,61)/b10-7-,11-8+,19-16-,20-17+,27-25-,31-29-,39-36-. The third-order valence-corrected chi connectivity index (χ3v) is 11.5. The maximum atomic E-state index is 13.2. The van der Waals surface area contributed by atoms with Crippen molar-refractivity contribution < 1.29 is 24.5 Å². The van der Waals surface area contributed by atoms with Gasteiger partial charge in [-0.05, 0) is 89.9 Å². The number of carbonyl (C=O) groups is 2. The Hall–Kier alpha value is -2.96. The summed E-state index contributed by atoms with van der Waals surface area (Å²) in [4.78, 5) is 26.2. The van der Waals surface area contributed by atoms with Crippen LogP contribution in [0.1, 0.15) is 239 Å². The topological polar surface area (TPSA) is 95.9 Å². The monoisotopic (exact) mass is 878 g/mol. The van der Waals surface area contributed by atoms with Gasteiger partial charge in [-0.15, -0.1) is 0 Å². The van der Waals surface area contributed by atoms with Gasteiger partial charge in [-0.1, -0.05) is 221 Å². The maximum absolute atomic E-state index is 13.2. The van der Waals surface area contributed by atoms with Crippen LogP contribution < -0.4 is 5.32 Å². The van der Waals surface area contributed by atoms with Crippen molar-refractivity contribution in [3.05, 3.63) is 85.1 Å². The Bertz CT molecular complexity index is 1210. The smallest absolute Gasteiger partial charge is 0.306 e. The Labute approximate surface area is 389 Å². The first-order chi connectivity index (χ1) is 31.0. The molecule has 6 nitrogen and oxygen atoms in total. The summed E-state index contributed by atoms with van der Waals surface area (Å²) < 4.78 is 5.91. The van der Waals surface area contributed by atoms with E-state index in [1.807, 2.05) is 0 Å². The molecule has 3 atom stereocenters. The molecule has 0 rings (SSSR count). The van der Waals surface area contributed by atoms with Crippen LogP contribution in [0.15, 0.2) is 85.1 Å². The van der Waals surface area contributed by atoms with Crippen LogP contribution in [0, 0.1) is 0 Å². The third kappa shape index (κ3) is 45.4. The molecule has 362 valence electrons. The Morgan fingerprint density at radius 1 is 0.476 bits per heavy atom. The number of unbranched alkanes of at least 4 members (excludes halogenated alkanes) is 20. The van der Waals surface area contributed by atoms with E-state index in [9.17, 15) is 19.8 Å². The van der Waals surface area contributed by atoms with Crippen molar-refractivity contribution in [2.45, 2.75) is 257 Å². The van der Waals surface area contributed by atoms with Gasteiger partial charge in [-0.25, -0.2) is 0 Å². The molecule has 0 radical (unpaired) electrons. The van der Waals surface area contributed by atoms with Gasteiger partial charge in [0.25, 0.3) is 0 Å². The van der Waals surface area contributed by atoms with Crippen LogP contribution in [0.3, 0.4) is 0 Å². The number of aliphatic hydroxyl groups is 2. The molecule has 0 heterocycles. The summed E-state index contributed by atoms with van der Waals surface area (Å²) in [5.74, 6) is -0.542. The molecule has 0 aromatic rings. The average Bonchev–Trinajstić information content (AvgIpc) is 3.28. The summed E-state index contributed by atoms with van der Waals surface area (Å²) >= 11 is 0. The van der Waals surface area contributed by atoms with Gasteiger partial charge in [0.05, 0.1) is 25.2 Å². The second kappa shape index (κ2) is 50.0. The molecule has 6 heteroatoms. The molecule has 0 bridgehead atoms. The summed E-state index contributed by atoms with van der Waals surface area (Å²) in [6.07, 6.45) is 65.0. The molecule has 0 aromatic heterocycles. The van der Waals surface area contributed by atoms with Crippen LogP contribution in [-0.2, 0) is 14.3 Å². The highest BCUT2D eigenvalue weighted by atomic mass is 16.5. The molecule has 0 aliphatic carbocycles. The molecule has 0 aliphatic rings. The summed E-state index contributed by atoms with van der Waals surface area (Å²) in [5, 5.41) is 23.8. The number of amides is 1. The largest absolute Gasteiger partial charge is 0.462 e. The molecule has 1 amide bonds. The number of aliphatic hydroxyl groups excluding tert-OH is 2. The zero-order valence-corrected chi connectivity index (χ0v) is 41.2. The summed E-state index contributed by atoms with van der Waals surface area (Å²) in [7, 11) is 0. The Morgan fingerprint density at radius 2 is 0.873 bits per heavy atom. The van der Waals surface area contributed by atoms with Crippen molar-refractivity contribution >= 4 is 11.9 Å². The van der Waals surface area contributed by atoms with E-state index < -0.39 is 18.2 Å². The predicted molar refractivity (Wildman–Crippen MR) is 273 cm³/mol. The minimum absolute atomic E-state index is 0.0317. The van der Waals surface area contributed by atoms with E-state index in [4.69, 9.17) is 4.74 Å². The van der Waals surface area contributed by atoms with Crippen molar-refractivity contribution in [1.29, 1.82) is 0 Å².